The average molecular weight is 868 g/mol. The Morgan fingerprint density at radius 3 is 2.22 bits per heavy atom. The van der Waals surface area contributed by atoms with Crippen LogP contribution in [-0.4, -0.2) is 9.55 Å². The molecule has 3 heterocycles. The minimum absolute atomic E-state index is 0. The van der Waals surface area contributed by atoms with E-state index >= 15 is 0 Å². The van der Waals surface area contributed by atoms with Crippen LogP contribution in [0.4, 0.5) is 0 Å². The van der Waals surface area contributed by atoms with Gasteiger partial charge in [-0.2, -0.15) is 11.3 Å². The van der Waals surface area contributed by atoms with Crippen LogP contribution in [0.2, 0.25) is 0 Å². The van der Waals surface area contributed by atoms with Crippen molar-refractivity contribution in [1.29, 1.82) is 0 Å². The van der Waals surface area contributed by atoms with Gasteiger partial charge in [0.15, 0.2) is 0 Å². The average Bonchev–Trinajstić information content (AvgIpc) is 3.96. The molecular formula is C46H31IrN2S2-. The zero-order valence-electron chi connectivity index (χ0n) is 28.0. The van der Waals surface area contributed by atoms with Crippen molar-refractivity contribution in [2.75, 3.05) is 0 Å². The second kappa shape index (κ2) is 12.4. The Kier molecular flexibility index (Phi) is 7.79. The van der Waals surface area contributed by atoms with Crippen LogP contribution >= 0.6 is 22.7 Å². The first-order valence-electron chi connectivity index (χ1n) is 16.9. The number of benzene rings is 6. The van der Waals surface area contributed by atoms with E-state index in [9.17, 15) is 0 Å². The number of hydrogen-bond acceptors (Lipinski definition) is 3. The number of aromatic nitrogens is 2. The third-order valence-electron chi connectivity index (χ3n) is 10.3. The van der Waals surface area contributed by atoms with Gasteiger partial charge in [0.2, 0.25) is 0 Å². The minimum Gasteiger partial charge on any atom is -0.309 e. The summed E-state index contributed by atoms with van der Waals surface area (Å²) in [6.45, 7) is 4.72. The molecule has 0 bridgehead atoms. The normalized spacial score (nSPS) is 12.9. The van der Waals surface area contributed by atoms with Crippen LogP contribution in [0.25, 0.3) is 81.2 Å². The first-order valence-corrected chi connectivity index (χ1v) is 18.6. The molecule has 9 aromatic rings. The summed E-state index contributed by atoms with van der Waals surface area (Å²) in [6, 6.07) is 54.2. The number of hydrogen-bond donors (Lipinski definition) is 0. The molecule has 247 valence electrons. The van der Waals surface area contributed by atoms with Gasteiger partial charge in [-0.05, 0) is 86.8 Å². The SMILES string of the molecule is CC1(C)c2ccccc2-c2cc3c4cc(-c5csc(-c6cc[c-]c(-c7ncc(-c8ccccc8)s7)c6)c5)ccc4n(-c4ccccc4)c3cc21.[Ir]. The van der Waals surface area contributed by atoms with E-state index < -0.39 is 0 Å². The fourth-order valence-corrected chi connectivity index (χ4v) is 9.58. The molecule has 0 spiro atoms. The van der Waals surface area contributed by atoms with Gasteiger partial charge in [-0.15, -0.1) is 41.2 Å². The quantitative estimate of drug-likeness (QED) is 0.158. The summed E-state index contributed by atoms with van der Waals surface area (Å²) in [5, 5.41) is 5.83. The van der Waals surface area contributed by atoms with Crippen LogP contribution < -0.4 is 0 Å². The monoisotopic (exact) mass is 868 g/mol. The Hall–Kier alpha value is -4.90. The van der Waals surface area contributed by atoms with Crippen LogP contribution in [0.15, 0.2) is 151 Å². The molecule has 0 N–H and O–H groups in total. The minimum atomic E-state index is -0.0604. The molecular weight excluding hydrogens is 837 g/mol. The molecule has 1 aliphatic carbocycles. The fraction of sp³-hybridized carbons (Fsp3) is 0.0652. The van der Waals surface area contributed by atoms with Crippen molar-refractivity contribution >= 4 is 44.5 Å². The van der Waals surface area contributed by atoms with E-state index in [1.165, 1.54) is 81.8 Å². The molecule has 0 amide bonds. The zero-order valence-corrected chi connectivity index (χ0v) is 32.0. The summed E-state index contributed by atoms with van der Waals surface area (Å²) in [6.07, 6.45) is 1.97. The van der Waals surface area contributed by atoms with Gasteiger partial charge in [-0.3, -0.25) is 4.98 Å². The van der Waals surface area contributed by atoms with Gasteiger partial charge in [-0.25, -0.2) is 0 Å². The second-order valence-corrected chi connectivity index (χ2v) is 15.5. The Labute approximate surface area is 319 Å². The molecule has 0 unspecified atom stereocenters. The summed E-state index contributed by atoms with van der Waals surface area (Å²) >= 11 is 3.50. The van der Waals surface area contributed by atoms with Crippen LogP contribution in [0.1, 0.15) is 25.0 Å². The van der Waals surface area contributed by atoms with Crippen molar-refractivity contribution < 1.29 is 20.1 Å². The molecule has 0 fully saturated rings. The fourth-order valence-electron chi connectivity index (χ4n) is 7.77. The van der Waals surface area contributed by atoms with Gasteiger partial charge < -0.3 is 4.57 Å². The Bertz CT molecular complexity index is 2730. The van der Waals surface area contributed by atoms with E-state index in [-0.39, 0.29) is 25.5 Å². The van der Waals surface area contributed by atoms with Gasteiger partial charge in [0.1, 0.15) is 0 Å². The zero-order chi connectivity index (χ0) is 33.4. The molecule has 0 saturated carbocycles. The van der Waals surface area contributed by atoms with Crippen molar-refractivity contribution in [3.63, 3.8) is 0 Å². The van der Waals surface area contributed by atoms with E-state index in [2.05, 4.69) is 157 Å². The maximum atomic E-state index is 4.76. The first-order chi connectivity index (χ1) is 24.5. The molecule has 5 heteroatoms. The summed E-state index contributed by atoms with van der Waals surface area (Å²) in [5.74, 6) is 0. The maximum absolute atomic E-state index is 4.76. The number of para-hydroxylation sites is 1. The van der Waals surface area contributed by atoms with Gasteiger partial charge in [0.25, 0.3) is 0 Å². The number of nitrogens with zero attached hydrogens (tertiary/aromatic N) is 2. The summed E-state index contributed by atoms with van der Waals surface area (Å²) < 4.78 is 2.44. The summed E-state index contributed by atoms with van der Waals surface area (Å²) in [4.78, 5) is 7.16. The third kappa shape index (κ3) is 5.19. The van der Waals surface area contributed by atoms with Crippen molar-refractivity contribution in [2.45, 2.75) is 19.3 Å². The van der Waals surface area contributed by atoms with E-state index in [0.29, 0.717) is 0 Å². The number of fused-ring (bicyclic) bond motifs is 6. The molecule has 51 heavy (non-hydrogen) atoms. The molecule has 10 rings (SSSR count). The van der Waals surface area contributed by atoms with Crippen molar-refractivity contribution in [2.24, 2.45) is 0 Å². The standard InChI is InChI=1S/C46H31N2S2.Ir/c1-46(2)39-19-10-9-18-35(39)36-25-38-37-23-30(20-21-41(37)48(42(38)26-40(36)46)34-16-7-4-8-17-34)33-24-43(49-28-33)31-14-11-15-32(22-31)45-47-27-44(50-45)29-12-5-3-6-13-29;/h3-14,16-28H,1-2H3;/q-1;. The smallest absolute Gasteiger partial charge is 0.0544 e. The van der Waals surface area contributed by atoms with Gasteiger partial charge >= 0.3 is 0 Å². The molecule has 6 aromatic carbocycles. The predicted molar refractivity (Wildman–Crippen MR) is 212 cm³/mol. The number of rotatable bonds is 5. The van der Waals surface area contributed by atoms with E-state index in [1.54, 1.807) is 22.7 Å². The van der Waals surface area contributed by atoms with Crippen molar-refractivity contribution in [1.82, 2.24) is 9.55 Å². The molecule has 1 aliphatic rings. The topological polar surface area (TPSA) is 17.8 Å². The molecule has 2 nitrogen and oxygen atoms in total. The van der Waals surface area contributed by atoms with Crippen molar-refractivity contribution in [3.8, 4) is 59.4 Å². The van der Waals surface area contributed by atoms with Gasteiger partial charge in [0, 0.05) is 62.9 Å². The van der Waals surface area contributed by atoms with E-state index in [4.69, 9.17) is 4.98 Å². The molecule has 3 aromatic heterocycles. The van der Waals surface area contributed by atoms with E-state index in [0.717, 1.165) is 10.6 Å². The number of thiophene rings is 1. The summed E-state index contributed by atoms with van der Waals surface area (Å²) in [5.41, 5.74) is 14.9. The molecule has 0 atom stereocenters. The predicted octanol–water partition coefficient (Wildman–Crippen LogP) is 13.1. The molecule has 0 saturated heterocycles. The maximum Gasteiger partial charge on any atom is 0.0544 e. The van der Waals surface area contributed by atoms with Crippen LogP contribution in [0.3, 0.4) is 0 Å². The van der Waals surface area contributed by atoms with Gasteiger partial charge in [0.05, 0.1) is 11.0 Å². The third-order valence-corrected chi connectivity index (χ3v) is 12.4. The first kappa shape index (κ1) is 32.0. The van der Waals surface area contributed by atoms with Crippen LogP contribution in [-0.2, 0) is 25.5 Å². The Balaban J connectivity index is 0.00000348. The molecule has 0 aliphatic heterocycles. The second-order valence-electron chi connectivity index (χ2n) is 13.6. The van der Waals surface area contributed by atoms with Crippen molar-refractivity contribution in [3.05, 3.63) is 168 Å². The Morgan fingerprint density at radius 1 is 0.608 bits per heavy atom. The summed E-state index contributed by atoms with van der Waals surface area (Å²) in [7, 11) is 0. The Morgan fingerprint density at radius 2 is 1.37 bits per heavy atom. The van der Waals surface area contributed by atoms with E-state index in [1.807, 2.05) is 18.3 Å². The number of thiazole rings is 1. The van der Waals surface area contributed by atoms with Crippen LogP contribution in [0, 0.1) is 6.07 Å². The van der Waals surface area contributed by atoms with Gasteiger partial charge in [-0.1, -0.05) is 98.3 Å². The largest absolute Gasteiger partial charge is 0.309 e. The van der Waals surface area contributed by atoms with Crippen LogP contribution in [0.5, 0.6) is 0 Å². The molecule has 1 radical (unpaired) electrons.